The highest BCUT2D eigenvalue weighted by atomic mass is 32.2. The van der Waals surface area contributed by atoms with Gasteiger partial charge in [0.1, 0.15) is 0 Å². The van der Waals surface area contributed by atoms with E-state index in [-0.39, 0.29) is 24.2 Å². The zero-order valence-electron chi connectivity index (χ0n) is 27.9. The second-order valence-electron chi connectivity index (χ2n) is 9.14. The predicted octanol–water partition coefficient (Wildman–Crippen LogP) is 3.67. The van der Waals surface area contributed by atoms with Crippen molar-refractivity contribution in [3.63, 3.8) is 0 Å². The van der Waals surface area contributed by atoms with E-state index in [1.165, 1.54) is 19.1 Å². The summed E-state index contributed by atoms with van der Waals surface area (Å²) >= 11 is 0. The molecule has 1 aliphatic carbocycles. The lowest BCUT2D eigenvalue weighted by Gasteiger charge is -2.22. The molecule has 7 N–H and O–H groups in total. The van der Waals surface area contributed by atoms with Gasteiger partial charge < -0.3 is 32.0 Å². The molecule has 0 aromatic heterocycles. The van der Waals surface area contributed by atoms with Crippen LogP contribution in [0.2, 0.25) is 0 Å². The van der Waals surface area contributed by atoms with E-state index in [0.29, 0.717) is 17.8 Å². The van der Waals surface area contributed by atoms with Crippen LogP contribution < -0.4 is 22.5 Å². The van der Waals surface area contributed by atoms with Crippen molar-refractivity contribution >= 4 is 21.5 Å². The number of methoxy groups -OCH3 is 2. The highest BCUT2D eigenvalue weighted by molar-refractivity contribution is 7.86. The smallest absolute Gasteiger partial charge is 0.297 e. The molecule has 0 radical (unpaired) electrons. The largest absolute Gasteiger partial charge is 0.399 e. The van der Waals surface area contributed by atoms with E-state index in [0.717, 1.165) is 36.9 Å². The van der Waals surface area contributed by atoms with Crippen LogP contribution in [-0.4, -0.2) is 59.9 Å². The molecule has 2 aromatic carbocycles. The Morgan fingerprint density at radius 1 is 0.919 bits per heavy atom. The number of nitrogen functional groups attached to an aromatic ring is 1. The van der Waals surface area contributed by atoms with Crippen molar-refractivity contribution in [1.29, 1.82) is 0 Å². The Labute approximate surface area is 231 Å². The van der Waals surface area contributed by atoms with Gasteiger partial charge in [-0.3, -0.25) is 4.18 Å². The van der Waals surface area contributed by atoms with Crippen LogP contribution in [0, 0.1) is 6.92 Å². The van der Waals surface area contributed by atoms with E-state index < -0.39 is 30.3 Å². The lowest BCUT2D eigenvalue weighted by atomic mass is 9.93. The van der Waals surface area contributed by atoms with Crippen LogP contribution in [0.1, 0.15) is 53.3 Å². The summed E-state index contributed by atoms with van der Waals surface area (Å²) in [6.07, 6.45) is 3.62. The molecular weight excluding hydrogens is 492 g/mol. The number of ether oxygens (including phenoxy) is 2. The van der Waals surface area contributed by atoms with Gasteiger partial charge in [-0.15, -0.1) is 0 Å². The molecule has 3 rings (SSSR count). The molecule has 9 nitrogen and oxygen atoms in total. The Bertz CT molecular complexity index is 1150. The summed E-state index contributed by atoms with van der Waals surface area (Å²) in [5, 5.41) is 3.11. The fourth-order valence-corrected chi connectivity index (χ4v) is 4.37. The summed E-state index contributed by atoms with van der Waals surface area (Å²) in [4.78, 5) is 0.0267. The van der Waals surface area contributed by atoms with Gasteiger partial charge in [-0.05, 0) is 82.9 Å². The molecule has 2 atom stereocenters. The van der Waals surface area contributed by atoms with Crippen molar-refractivity contribution < 1.29 is 30.3 Å². The lowest BCUT2D eigenvalue weighted by Crippen LogP contribution is -2.33. The molecule has 0 heterocycles. The number of hydrogen-bond acceptors (Lipinski definition) is 9. The zero-order chi connectivity index (χ0) is 32.8. The number of anilines is 2. The molecule has 1 saturated carbocycles. The summed E-state index contributed by atoms with van der Waals surface area (Å²) < 4.78 is 79.0. The zero-order valence-corrected chi connectivity index (χ0v) is 22.7. The summed E-state index contributed by atoms with van der Waals surface area (Å²) in [6.45, 7) is 4.91. The van der Waals surface area contributed by atoms with Gasteiger partial charge in [0.2, 0.25) is 0 Å². The van der Waals surface area contributed by atoms with Crippen LogP contribution in [0.25, 0.3) is 0 Å². The van der Waals surface area contributed by atoms with E-state index >= 15 is 0 Å². The van der Waals surface area contributed by atoms with Crippen LogP contribution in [0.15, 0.2) is 53.4 Å². The third-order valence-electron chi connectivity index (χ3n) is 5.39. The molecule has 0 saturated heterocycles. The van der Waals surface area contributed by atoms with Crippen molar-refractivity contribution in [3.05, 3.63) is 54.1 Å². The van der Waals surface area contributed by atoms with Gasteiger partial charge in [0.05, 0.1) is 32.4 Å². The van der Waals surface area contributed by atoms with Crippen LogP contribution in [-0.2, 0) is 23.8 Å². The first-order chi connectivity index (χ1) is 19.8. The van der Waals surface area contributed by atoms with Gasteiger partial charge >= 0.3 is 0 Å². The summed E-state index contributed by atoms with van der Waals surface area (Å²) in [7, 11) is -8.81. The average molecular weight is 545 g/mol. The van der Waals surface area contributed by atoms with E-state index in [4.69, 9.17) is 34.3 Å². The van der Waals surface area contributed by atoms with Crippen LogP contribution in [0.5, 0.6) is 0 Å². The minimum absolute atomic E-state index is 0.0267. The summed E-state index contributed by atoms with van der Waals surface area (Å²) in [5.41, 5.74) is 19.3. The lowest BCUT2D eigenvalue weighted by molar-refractivity contribution is 0.0962. The van der Waals surface area contributed by atoms with Crippen molar-refractivity contribution in [2.45, 2.75) is 75.6 Å². The third-order valence-corrected chi connectivity index (χ3v) is 6.82. The molecule has 0 spiro atoms. The maximum Gasteiger partial charge on any atom is 0.297 e. The second-order valence-corrected chi connectivity index (χ2v) is 10.7. The summed E-state index contributed by atoms with van der Waals surface area (Å²) in [5.74, 6) is 0. The Morgan fingerprint density at radius 3 is 1.95 bits per heavy atom. The fourth-order valence-electron chi connectivity index (χ4n) is 3.30. The molecule has 1 fully saturated rings. The van der Waals surface area contributed by atoms with Crippen LogP contribution in [0.3, 0.4) is 0 Å². The van der Waals surface area contributed by atoms with Crippen LogP contribution in [0.4, 0.5) is 11.4 Å². The molecule has 1 aliphatic rings. The third kappa shape index (κ3) is 14.3. The Morgan fingerprint density at radius 2 is 1.43 bits per heavy atom. The number of benzene rings is 2. The second kappa shape index (κ2) is 17.3. The first-order valence-corrected chi connectivity index (χ1v) is 13.6. The molecule has 10 heteroatoms. The topological polar surface area (TPSA) is 152 Å². The highest BCUT2D eigenvalue weighted by Crippen LogP contribution is 2.16. The van der Waals surface area contributed by atoms with Gasteiger partial charge in [0.15, 0.2) is 0 Å². The van der Waals surface area contributed by atoms with Gasteiger partial charge in [0.25, 0.3) is 10.1 Å². The number of nitrogens with two attached hydrogens (primary N) is 3. The molecule has 0 bridgehead atoms. The molecular formula is C27H46N4O5S. The van der Waals surface area contributed by atoms with Gasteiger partial charge in [-0.2, -0.15) is 8.42 Å². The molecule has 37 heavy (non-hydrogen) atoms. The number of aryl methyl sites for hydroxylation is 1. The molecule has 0 aliphatic heterocycles. The fraction of sp³-hybridized carbons (Fsp3) is 0.556. The van der Waals surface area contributed by atoms with Crippen molar-refractivity contribution in [3.8, 4) is 0 Å². The summed E-state index contributed by atoms with van der Waals surface area (Å²) in [6, 6.07) is 14.2. The van der Waals surface area contributed by atoms with Crippen molar-refractivity contribution in [1.82, 2.24) is 0 Å². The van der Waals surface area contributed by atoms with Gasteiger partial charge in [-0.1, -0.05) is 17.7 Å². The maximum atomic E-state index is 11.9. The predicted molar refractivity (Wildman–Crippen MR) is 151 cm³/mol. The Balaban J connectivity index is 0.000000347. The molecule has 2 unspecified atom stereocenters. The van der Waals surface area contributed by atoms with E-state index in [2.05, 4.69) is 10.1 Å². The normalized spacial score (nSPS) is 22.0. The highest BCUT2D eigenvalue weighted by Gasteiger charge is 2.18. The first-order valence-electron chi connectivity index (χ1n) is 15.2. The van der Waals surface area contributed by atoms with Crippen molar-refractivity contribution in [2.75, 3.05) is 38.3 Å². The minimum atomic E-state index is -3.91. The van der Waals surface area contributed by atoms with E-state index in [9.17, 15) is 8.42 Å². The Hall–Kier alpha value is -2.21. The quantitative estimate of drug-likeness (QED) is 0.274. The van der Waals surface area contributed by atoms with Crippen LogP contribution >= 0.6 is 0 Å². The standard InChI is InChI=1S/C11H16O4S.C10H16N2O.C6H14N2/c1-9-4-6-11(7-5-9)16(12,13)15-10(2)8-14-3;1-8(7-13-2)12-10-5-3-9(11)4-6-10;7-5-1-2-6(8)4-3-5/h4-7,10H,8H2,1-3H3;3-6,8,12H,7,11H2,1-2H3;5-6H,1-4,7-8H2/i3D3;2D3;. The monoisotopic (exact) mass is 544 g/mol. The molecule has 2 aromatic rings. The number of rotatable bonds is 9. The SMILES string of the molecule is NC1CCC(N)CC1.[2H]C([2H])([2H])OCC(C)Nc1ccc(N)cc1.[2H]C([2H])([2H])OCC(C)OS(=O)(=O)c1ccc(C)cc1. The van der Waals surface area contributed by atoms with E-state index in [1.54, 1.807) is 24.3 Å². The maximum absolute atomic E-state index is 11.9. The molecule has 210 valence electrons. The van der Waals surface area contributed by atoms with Gasteiger partial charge in [-0.25, -0.2) is 0 Å². The number of nitrogens with one attached hydrogen (secondary N) is 1. The Kier molecular flexibility index (Phi) is 11.2. The van der Waals surface area contributed by atoms with Gasteiger partial charge in [0, 0.05) is 43.6 Å². The molecule has 0 amide bonds. The first kappa shape index (κ1) is 23.9. The number of hydrogen-bond donors (Lipinski definition) is 4. The minimum Gasteiger partial charge on any atom is -0.399 e. The van der Waals surface area contributed by atoms with E-state index in [1.807, 2.05) is 26.0 Å². The van der Waals surface area contributed by atoms with Crippen molar-refractivity contribution in [2.24, 2.45) is 11.5 Å². The average Bonchev–Trinajstić information content (AvgIpc) is 2.89.